The summed E-state index contributed by atoms with van der Waals surface area (Å²) in [6.07, 6.45) is 0. The number of fused-ring (bicyclic) bond motifs is 1. The third-order valence-electron chi connectivity index (χ3n) is 4.08. The van der Waals surface area contributed by atoms with Crippen LogP contribution in [-0.4, -0.2) is 37.0 Å². The van der Waals surface area contributed by atoms with Crippen molar-refractivity contribution < 1.29 is 4.79 Å². The monoisotopic (exact) mass is 300 g/mol. The molecule has 2 atom stereocenters. The number of hydrogen-bond donors (Lipinski definition) is 1. The molecule has 2 aliphatic rings. The van der Waals surface area contributed by atoms with E-state index >= 15 is 0 Å². The number of amides is 1. The summed E-state index contributed by atoms with van der Waals surface area (Å²) in [6, 6.07) is 5.52. The first-order valence-corrected chi connectivity index (χ1v) is 6.79. The van der Waals surface area contributed by atoms with Crippen LogP contribution in [0.2, 0.25) is 5.02 Å². The number of rotatable bonds is 1. The molecule has 19 heavy (non-hydrogen) atoms. The normalized spacial score (nSPS) is 25.1. The second-order valence-electron chi connectivity index (χ2n) is 5.35. The maximum Gasteiger partial charge on any atom is 0.253 e. The van der Waals surface area contributed by atoms with Gasteiger partial charge in [-0.05, 0) is 42.5 Å². The van der Waals surface area contributed by atoms with Gasteiger partial charge in [-0.2, -0.15) is 0 Å². The van der Waals surface area contributed by atoms with Crippen LogP contribution in [0.25, 0.3) is 0 Å². The van der Waals surface area contributed by atoms with Crippen LogP contribution in [0.5, 0.6) is 0 Å². The Hall–Kier alpha value is -0.770. The van der Waals surface area contributed by atoms with E-state index < -0.39 is 0 Å². The van der Waals surface area contributed by atoms with Crippen LogP contribution in [0.1, 0.15) is 15.9 Å². The van der Waals surface area contributed by atoms with E-state index in [2.05, 4.69) is 5.32 Å². The van der Waals surface area contributed by atoms with Gasteiger partial charge in [-0.15, -0.1) is 12.4 Å². The molecule has 5 heteroatoms. The highest BCUT2D eigenvalue weighted by Crippen LogP contribution is 2.28. The molecule has 0 spiro atoms. The molecule has 0 saturated carbocycles. The van der Waals surface area contributed by atoms with Gasteiger partial charge in [0.25, 0.3) is 5.91 Å². The fraction of sp³-hybridized carbons (Fsp3) is 0.500. The Morgan fingerprint density at radius 2 is 1.95 bits per heavy atom. The maximum absolute atomic E-state index is 12.4. The predicted molar refractivity (Wildman–Crippen MR) is 79.2 cm³/mol. The molecule has 2 aliphatic heterocycles. The molecular formula is C14H18Cl2N2O. The fourth-order valence-corrected chi connectivity index (χ4v) is 3.10. The minimum absolute atomic E-state index is 0. The zero-order valence-corrected chi connectivity index (χ0v) is 12.4. The quantitative estimate of drug-likeness (QED) is 0.863. The third-order valence-corrected chi connectivity index (χ3v) is 4.51. The maximum atomic E-state index is 12.4. The van der Waals surface area contributed by atoms with Crippen LogP contribution < -0.4 is 5.32 Å². The molecule has 1 aromatic carbocycles. The van der Waals surface area contributed by atoms with Crippen molar-refractivity contribution in [2.75, 3.05) is 26.2 Å². The molecule has 0 radical (unpaired) electrons. The molecule has 2 saturated heterocycles. The van der Waals surface area contributed by atoms with Crippen LogP contribution in [0, 0.1) is 18.8 Å². The zero-order chi connectivity index (χ0) is 12.7. The topological polar surface area (TPSA) is 32.3 Å². The minimum Gasteiger partial charge on any atom is -0.338 e. The summed E-state index contributed by atoms with van der Waals surface area (Å²) in [4.78, 5) is 14.4. The molecule has 3 nitrogen and oxygen atoms in total. The van der Waals surface area contributed by atoms with Crippen molar-refractivity contribution in [2.24, 2.45) is 11.8 Å². The van der Waals surface area contributed by atoms with Crippen molar-refractivity contribution in [3.8, 4) is 0 Å². The summed E-state index contributed by atoms with van der Waals surface area (Å²) in [6.45, 7) is 5.81. The summed E-state index contributed by atoms with van der Waals surface area (Å²) in [5, 5.41) is 4.10. The Balaban J connectivity index is 0.00000133. The first kappa shape index (κ1) is 14.6. The van der Waals surface area contributed by atoms with Gasteiger partial charge in [-0.1, -0.05) is 11.6 Å². The lowest BCUT2D eigenvalue weighted by Crippen LogP contribution is -2.31. The van der Waals surface area contributed by atoms with E-state index in [9.17, 15) is 4.79 Å². The van der Waals surface area contributed by atoms with Crippen molar-refractivity contribution in [3.05, 3.63) is 34.3 Å². The van der Waals surface area contributed by atoms with E-state index in [-0.39, 0.29) is 18.3 Å². The zero-order valence-electron chi connectivity index (χ0n) is 10.9. The average molecular weight is 301 g/mol. The van der Waals surface area contributed by atoms with Crippen LogP contribution in [-0.2, 0) is 0 Å². The largest absolute Gasteiger partial charge is 0.338 e. The van der Waals surface area contributed by atoms with Crippen molar-refractivity contribution in [2.45, 2.75) is 6.92 Å². The van der Waals surface area contributed by atoms with Gasteiger partial charge in [0.1, 0.15) is 0 Å². The number of carbonyl (C=O) groups excluding carboxylic acids is 1. The molecule has 3 rings (SSSR count). The van der Waals surface area contributed by atoms with E-state index in [0.29, 0.717) is 16.9 Å². The number of hydrogen-bond acceptors (Lipinski definition) is 2. The second kappa shape index (κ2) is 5.70. The van der Waals surface area contributed by atoms with Gasteiger partial charge in [-0.3, -0.25) is 4.79 Å². The summed E-state index contributed by atoms with van der Waals surface area (Å²) < 4.78 is 0. The van der Waals surface area contributed by atoms with Gasteiger partial charge >= 0.3 is 0 Å². The predicted octanol–water partition coefficient (Wildman–Crippen LogP) is 2.36. The lowest BCUT2D eigenvalue weighted by atomic mass is 10.0. The van der Waals surface area contributed by atoms with Gasteiger partial charge in [0.2, 0.25) is 0 Å². The van der Waals surface area contributed by atoms with Gasteiger partial charge in [0, 0.05) is 36.8 Å². The number of benzene rings is 1. The van der Waals surface area contributed by atoms with Crippen molar-refractivity contribution >= 4 is 29.9 Å². The Morgan fingerprint density at radius 3 is 2.53 bits per heavy atom. The van der Waals surface area contributed by atoms with E-state index in [0.717, 1.165) is 37.3 Å². The SMILES string of the molecule is Cc1cc(C(=O)N2C[C@H]3CNC[C@H]3C2)ccc1Cl.Cl. The van der Waals surface area contributed by atoms with E-state index in [1.165, 1.54) is 0 Å². The van der Waals surface area contributed by atoms with Gasteiger partial charge in [0.05, 0.1) is 0 Å². The van der Waals surface area contributed by atoms with Gasteiger partial charge in [-0.25, -0.2) is 0 Å². The molecule has 0 bridgehead atoms. The lowest BCUT2D eigenvalue weighted by Gasteiger charge is -2.18. The highest BCUT2D eigenvalue weighted by Gasteiger charge is 2.38. The molecule has 1 aromatic rings. The molecule has 2 heterocycles. The van der Waals surface area contributed by atoms with Gasteiger partial charge < -0.3 is 10.2 Å². The van der Waals surface area contributed by atoms with Gasteiger partial charge in [0.15, 0.2) is 0 Å². The molecule has 104 valence electrons. The number of nitrogens with one attached hydrogen (secondary N) is 1. The molecule has 0 unspecified atom stereocenters. The third kappa shape index (κ3) is 2.73. The number of nitrogens with zero attached hydrogens (tertiary/aromatic N) is 1. The number of aryl methyl sites for hydroxylation is 1. The Labute approximate surface area is 124 Å². The van der Waals surface area contributed by atoms with E-state index in [4.69, 9.17) is 11.6 Å². The second-order valence-corrected chi connectivity index (χ2v) is 5.76. The van der Waals surface area contributed by atoms with Crippen LogP contribution in [0.3, 0.4) is 0 Å². The fourth-order valence-electron chi connectivity index (χ4n) is 2.98. The number of carbonyl (C=O) groups is 1. The molecule has 0 aromatic heterocycles. The van der Waals surface area contributed by atoms with Crippen molar-refractivity contribution in [1.82, 2.24) is 10.2 Å². The number of likely N-dealkylation sites (tertiary alicyclic amines) is 1. The van der Waals surface area contributed by atoms with Crippen molar-refractivity contribution in [3.63, 3.8) is 0 Å². The highest BCUT2D eigenvalue weighted by atomic mass is 35.5. The van der Waals surface area contributed by atoms with E-state index in [1.54, 1.807) is 0 Å². The molecule has 1 N–H and O–H groups in total. The Morgan fingerprint density at radius 1 is 1.32 bits per heavy atom. The first-order valence-electron chi connectivity index (χ1n) is 6.41. The molecule has 2 fully saturated rings. The molecule has 0 aliphatic carbocycles. The Bertz CT molecular complexity index is 480. The van der Waals surface area contributed by atoms with E-state index in [1.807, 2.05) is 30.0 Å². The summed E-state index contributed by atoms with van der Waals surface area (Å²) in [5.74, 6) is 1.42. The standard InChI is InChI=1S/C14H17ClN2O.ClH/c1-9-4-10(2-3-13(9)15)14(18)17-7-11-5-16-6-12(11)8-17;/h2-4,11-12,16H,5-8H2,1H3;1H/t11-,12+;. The first-order chi connectivity index (χ1) is 8.65. The van der Waals surface area contributed by atoms with Crippen LogP contribution in [0.15, 0.2) is 18.2 Å². The highest BCUT2D eigenvalue weighted by molar-refractivity contribution is 6.31. The number of halogens is 2. The lowest BCUT2D eigenvalue weighted by molar-refractivity contribution is 0.0781. The molecule has 1 amide bonds. The average Bonchev–Trinajstić information content (AvgIpc) is 2.92. The molecular weight excluding hydrogens is 283 g/mol. The van der Waals surface area contributed by atoms with Crippen LogP contribution >= 0.6 is 24.0 Å². The summed E-state index contributed by atoms with van der Waals surface area (Å²) >= 11 is 5.99. The minimum atomic E-state index is 0. The van der Waals surface area contributed by atoms with Crippen molar-refractivity contribution in [1.29, 1.82) is 0 Å². The summed E-state index contributed by atoms with van der Waals surface area (Å²) in [5.41, 5.74) is 1.72. The van der Waals surface area contributed by atoms with Crippen LogP contribution in [0.4, 0.5) is 0 Å². The Kier molecular flexibility index (Phi) is 4.39. The summed E-state index contributed by atoms with van der Waals surface area (Å²) in [7, 11) is 0. The smallest absolute Gasteiger partial charge is 0.253 e.